The van der Waals surface area contributed by atoms with Gasteiger partial charge in [0.15, 0.2) is 0 Å². The van der Waals surface area contributed by atoms with Crippen molar-refractivity contribution < 1.29 is 63.0 Å². The van der Waals surface area contributed by atoms with Gasteiger partial charge < -0.3 is 65.8 Å². The lowest BCUT2D eigenvalue weighted by atomic mass is 9.91. The Balaban J connectivity index is 4.41. The number of allylic oxidation sites excluding steroid dienone is 2. The van der Waals surface area contributed by atoms with E-state index in [-0.39, 0.29) is 56.3 Å². The number of aliphatic hydroxyl groups excluding tert-OH is 1. The van der Waals surface area contributed by atoms with Crippen molar-refractivity contribution in [2.45, 2.75) is 228 Å². The number of rotatable bonds is 15. The van der Waals surface area contributed by atoms with Crippen LogP contribution in [0.1, 0.15) is 156 Å². The summed E-state index contributed by atoms with van der Waals surface area (Å²) in [5.74, 6) is -10.8. The van der Waals surface area contributed by atoms with Crippen molar-refractivity contribution >= 4 is 65.0 Å². The molecule has 0 aromatic carbocycles. The standard InChI is InChI=1S/C63H111N11O13/c1-26-28-29-39(13)51(75)50-55(79)66-43(27-2)58(82)68(19)42(16)57(81)72(23)47(33-63(17,18)87)54(78)67-48(37(9)10)61(85)69(20)44(30-34(3)4)53(77)64-40(14)52(76)65-41(15)56(80)70(21)45(31-35(5)6)59(83)71(22)46(32-36(7)8)60(84)73(24)49(38(11)12)62(86)74(50)25/h26,28,34-41,43-51,75,87H,16,27,29-33H2,1-15,17-25H3,(H,64,77)(H,65,76)(H,66,79)(H,67,78)/t39-,40+,41-,43+,44+,45+,46+,47+,48+,49+,50+,51-/m1/s1. The largest absolute Gasteiger partial charge is 0.390 e. The highest BCUT2D eigenvalue weighted by Crippen LogP contribution is 2.26. The minimum Gasteiger partial charge on any atom is -0.390 e. The van der Waals surface area contributed by atoms with Gasteiger partial charge in [0.1, 0.15) is 66.1 Å². The molecule has 0 unspecified atom stereocenters. The number of hydrogen-bond acceptors (Lipinski definition) is 13. The van der Waals surface area contributed by atoms with Crippen LogP contribution in [0.4, 0.5) is 0 Å². The van der Waals surface area contributed by atoms with Crippen LogP contribution in [-0.2, 0) is 52.7 Å². The smallest absolute Gasteiger partial charge is 0.270 e. The lowest BCUT2D eigenvalue weighted by Crippen LogP contribution is -2.63. The molecule has 1 saturated heterocycles. The van der Waals surface area contributed by atoms with Crippen molar-refractivity contribution in [2.75, 3.05) is 49.3 Å². The molecule has 0 bridgehead atoms. The minimum absolute atomic E-state index is 0.0618. The number of nitrogens with one attached hydrogen (secondary N) is 4. The number of carbonyl (C=O) groups is 11. The summed E-state index contributed by atoms with van der Waals surface area (Å²) in [4.78, 5) is 169. The van der Waals surface area contributed by atoms with Gasteiger partial charge in [-0.25, -0.2) is 0 Å². The Morgan fingerprint density at radius 2 is 0.954 bits per heavy atom. The van der Waals surface area contributed by atoms with Crippen molar-refractivity contribution in [3.05, 3.63) is 24.4 Å². The summed E-state index contributed by atoms with van der Waals surface area (Å²) in [6.45, 7) is 32.5. The van der Waals surface area contributed by atoms with Gasteiger partial charge in [-0.1, -0.05) is 102 Å². The normalized spacial score (nSPS) is 26.7. The summed E-state index contributed by atoms with van der Waals surface area (Å²) in [5, 5.41) is 34.0. The van der Waals surface area contributed by atoms with Crippen LogP contribution in [0.5, 0.6) is 0 Å². The van der Waals surface area contributed by atoms with E-state index in [2.05, 4.69) is 27.8 Å². The molecular formula is C63H111N11O13. The first-order chi connectivity index (χ1) is 39.9. The molecule has 0 saturated carbocycles. The topological polar surface area (TPSA) is 299 Å². The van der Waals surface area contributed by atoms with Crippen molar-refractivity contribution in [2.24, 2.45) is 35.5 Å². The van der Waals surface area contributed by atoms with E-state index in [1.807, 2.05) is 41.5 Å². The fourth-order valence-corrected chi connectivity index (χ4v) is 10.7. The van der Waals surface area contributed by atoms with Gasteiger partial charge in [-0.15, -0.1) is 0 Å². The second kappa shape index (κ2) is 34.4. The number of carbonyl (C=O) groups excluding carboxylic acids is 11. The van der Waals surface area contributed by atoms with E-state index in [4.69, 9.17) is 0 Å². The predicted octanol–water partition coefficient (Wildman–Crippen LogP) is 2.90. The van der Waals surface area contributed by atoms with Crippen molar-refractivity contribution in [3.8, 4) is 0 Å². The Labute approximate surface area is 519 Å². The Bertz CT molecular complexity index is 2460. The number of aliphatic hydroxyl groups is 2. The maximum absolute atomic E-state index is 15.2. The molecular weight excluding hydrogens is 1120 g/mol. The molecule has 1 rings (SSSR count). The molecule has 87 heavy (non-hydrogen) atoms. The minimum atomic E-state index is -1.67. The fraction of sp³-hybridized carbons (Fsp3) is 0.762. The molecule has 1 heterocycles. The second-order valence-electron chi connectivity index (χ2n) is 26.5. The highest BCUT2D eigenvalue weighted by atomic mass is 16.3. The van der Waals surface area contributed by atoms with E-state index in [1.165, 1.54) is 96.6 Å². The van der Waals surface area contributed by atoms with Crippen LogP contribution in [0.2, 0.25) is 0 Å². The Morgan fingerprint density at radius 1 is 0.517 bits per heavy atom. The van der Waals surface area contributed by atoms with E-state index < -0.39 is 161 Å². The summed E-state index contributed by atoms with van der Waals surface area (Å²) in [7, 11) is 9.50. The molecule has 6 N–H and O–H groups in total. The van der Waals surface area contributed by atoms with Crippen LogP contribution in [0.25, 0.3) is 0 Å². The first-order valence-electron chi connectivity index (χ1n) is 30.7. The Hall–Kier alpha value is -6.43. The zero-order valence-electron chi connectivity index (χ0n) is 56.9. The number of nitrogens with zero attached hydrogens (tertiary/aromatic N) is 7. The Kier molecular flexibility index (Phi) is 31.0. The molecule has 0 aliphatic carbocycles. The quantitative estimate of drug-likeness (QED) is 0.102. The molecule has 12 atom stereocenters. The molecule has 1 aliphatic rings. The van der Waals surface area contributed by atoms with Gasteiger partial charge in [-0.05, 0) is 102 Å². The van der Waals surface area contributed by atoms with Gasteiger partial charge in [0.05, 0.1) is 11.7 Å². The second-order valence-corrected chi connectivity index (χ2v) is 26.5. The maximum Gasteiger partial charge on any atom is 0.270 e. The summed E-state index contributed by atoms with van der Waals surface area (Å²) in [6, 6.07) is -13.2. The van der Waals surface area contributed by atoms with Gasteiger partial charge in [0.25, 0.3) is 5.91 Å². The molecule has 0 radical (unpaired) electrons. The molecule has 0 aromatic heterocycles. The number of hydrogen-bond donors (Lipinski definition) is 6. The highest BCUT2D eigenvalue weighted by Gasteiger charge is 2.46. The van der Waals surface area contributed by atoms with E-state index in [1.54, 1.807) is 60.6 Å². The zero-order chi connectivity index (χ0) is 67.8. The zero-order valence-corrected chi connectivity index (χ0v) is 56.9. The molecule has 0 aromatic rings. The molecule has 1 fully saturated rings. The number of amides is 11. The van der Waals surface area contributed by atoms with Gasteiger partial charge in [0, 0.05) is 55.8 Å². The first-order valence-corrected chi connectivity index (χ1v) is 30.7. The van der Waals surface area contributed by atoms with Crippen molar-refractivity contribution in [3.63, 3.8) is 0 Å². The van der Waals surface area contributed by atoms with Gasteiger partial charge in [0.2, 0.25) is 59.1 Å². The van der Waals surface area contributed by atoms with E-state index in [0.717, 1.165) is 14.7 Å². The summed E-state index contributed by atoms with van der Waals surface area (Å²) in [6.07, 6.45) is 2.23. The molecule has 24 nitrogen and oxygen atoms in total. The van der Waals surface area contributed by atoms with Crippen LogP contribution in [0.15, 0.2) is 24.4 Å². The average Bonchev–Trinajstić information content (AvgIpc) is 1.66. The third-order valence-electron chi connectivity index (χ3n) is 16.2. The molecule has 24 heteroatoms. The average molecular weight is 1230 g/mol. The van der Waals surface area contributed by atoms with E-state index >= 15 is 9.59 Å². The van der Waals surface area contributed by atoms with Crippen LogP contribution >= 0.6 is 0 Å². The van der Waals surface area contributed by atoms with Crippen LogP contribution < -0.4 is 21.3 Å². The highest BCUT2D eigenvalue weighted by molar-refractivity contribution is 6.02. The summed E-state index contributed by atoms with van der Waals surface area (Å²) < 4.78 is 0. The monoisotopic (exact) mass is 1230 g/mol. The molecule has 496 valence electrons. The summed E-state index contributed by atoms with van der Waals surface area (Å²) in [5.41, 5.74) is -2.04. The van der Waals surface area contributed by atoms with Crippen LogP contribution in [0.3, 0.4) is 0 Å². The third kappa shape index (κ3) is 21.7. The summed E-state index contributed by atoms with van der Waals surface area (Å²) >= 11 is 0. The van der Waals surface area contributed by atoms with Crippen LogP contribution in [-0.4, -0.2) is 231 Å². The first kappa shape index (κ1) is 78.6. The molecule has 0 spiro atoms. The van der Waals surface area contributed by atoms with E-state index in [9.17, 15) is 53.4 Å². The van der Waals surface area contributed by atoms with Crippen molar-refractivity contribution in [1.29, 1.82) is 0 Å². The van der Waals surface area contributed by atoms with Gasteiger partial charge in [-0.3, -0.25) is 52.7 Å². The predicted molar refractivity (Wildman–Crippen MR) is 334 cm³/mol. The lowest BCUT2D eigenvalue weighted by molar-refractivity contribution is -0.157. The SMILES string of the molecule is C=C1C(=O)N(C)[C@@H](CC(C)(C)O)C(=O)N[C@@H](C(C)C)C(=O)N(C)[C@@H](CC(C)C)C(=O)N[C@@H](C)C(=O)N[C@H](C)C(=O)N(C)[C@@H](CC(C)C)C(=O)N(C)[C@@H](CC(C)C)C(=O)N(C)[C@@H](C(C)C)C(=O)N(C)[C@@H]([C@H](O)[C@H](C)CC=CC)C(=O)N[C@@H](CC)C(=O)N1C. The Morgan fingerprint density at radius 3 is 1.40 bits per heavy atom. The van der Waals surface area contributed by atoms with E-state index in [0.29, 0.717) is 0 Å². The lowest BCUT2D eigenvalue weighted by Gasteiger charge is -2.41. The molecule has 11 amide bonds. The molecule has 1 aliphatic heterocycles. The third-order valence-corrected chi connectivity index (χ3v) is 16.2. The van der Waals surface area contributed by atoms with Gasteiger partial charge in [-0.2, -0.15) is 0 Å². The van der Waals surface area contributed by atoms with Gasteiger partial charge >= 0.3 is 0 Å². The number of likely N-dealkylation sites (N-methyl/N-ethyl adjacent to an activating group) is 7. The maximum atomic E-state index is 15.2. The van der Waals surface area contributed by atoms with Crippen molar-refractivity contribution in [1.82, 2.24) is 55.6 Å². The van der Waals surface area contributed by atoms with Crippen LogP contribution in [0, 0.1) is 35.5 Å². The fourth-order valence-electron chi connectivity index (χ4n) is 10.7.